The summed E-state index contributed by atoms with van der Waals surface area (Å²) in [6.45, 7) is 0. The largest absolute Gasteiger partial charge is 0.452 e. The lowest BCUT2D eigenvalue weighted by atomic mass is 9.94. The first-order chi connectivity index (χ1) is 9.15. The van der Waals surface area contributed by atoms with Gasteiger partial charge in [-0.3, -0.25) is 9.59 Å². The molecule has 0 unspecified atom stereocenters. The molecule has 5 nitrogen and oxygen atoms in total. The molecule has 19 heavy (non-hydrogen) atoms. The van der Waals surface area contributed by atoms with Crippen molar-refractivity contribution in [2.24, 2.45) is 0 Å². The van der Waals surface area contributed by atoms with Crippen molar-refractivity contribution in [3.05, 3.63) is 47.5 Å². The molecule has 0 fully saturated rings. The first-order valence-corrected chi connectivity index (χ1v) is 5.63. The van der Waals surface area contributed by atoms with E-state index in [-0.39, 0.29) is 0 Å². The Morgan fingerprint density at radius 3 is 2.00 bits per heavy atom. The number of carbonyl (C=O) groups excluding carboxylic acids is 3. The highest BCUT2D eigenvalue weighted by atomic mass is 16.5. The topological polar surface area (TPSA) is 63.7 Å². The molecule has 2 aromatic carbocycles. The SMILES string of the molecule is COC(=O)N1C(=O)c2cccc3cccc(c23)C1=O. The van der Waals surface area contributed by atoms with E-state index < -0.39 is 17.9 Å². The molecule has 0 spiro atoms. The van der Waals surface area contributed by atoms with Gasteiger partial charge >= 0.3 is 6.09 Å². The number of carbonyl (C=O) groups is 3. The molecule has 5 heteroatoms. The second kappa shape index (κ2) is 3.91. The summed E-state index contributed by atoms with van der Waals surface area (Å²) < 4.78 is 4.49. The van der Waals surface area contributed by atoms with E-state index in [0.717, 1.165) is 12.5 Å². The van der Waals surface area contributed by atoms with Crippen LogP contribution in [0.15, 0.2) is 36.4 Å². The molecule has 94 valence electrons. The highest BCUT2D eigenvalue weighted by Crippen LogP contribution is 2.30. The zero-order valence-corrected chi connectivity index (χ0v) is 10.0. The van der Waals surface area contributed by atoms with E-state index in [1.54, 1.807) is 24.3 Å². The monoisotopic (exact) mass is 255 g/mol. The number of benzene rings is 2. The molecular formula is C14H9NO4. The van der Waals surface area contributed by atoms with Crippen LogP contribution in [0.3, 0.4) is 0 Å². The van der Waals surface area contributed by atoms with Crippen molar-refractivity contribution in [2.45, 2.75) is 0 Å². The molecule has 3 rings (SSSR count). The average molecular weight is 255 g/mol. The van der Waals surface area contributed by atoms with Crippen LogP contribution in [0.4, 0.5) is 4.79 Å². The quantitative estimate of drug-likeness (QED) is 0.677. The number of imide groups is 3. The fraction of sp³-hybridized carbons (Fsp3) is 0.0714. The van der Waals surface area contributed by atoms with E-state index in [1.807, 2.05) is 12.1 Å². The number of rotatable bonds is 0. The maximum absolute atomic E-state index is 12.2. The van der Waals surface area contributed by atoms with Gasteiger partial charge in [-0.05, 0) is 17.5 Å². The van der Waals surface area contributed by atoms with Gasteiger partial charge in [0.05, 0.1) is 7.11 Å². The van der Waals surface area contributed by atoms with Gasteiger partial charge in [-0.2, -0.15) is 4.90 Å². The van der Waals surface area contributed by atoms with E-state index in [2.05, 4.69) is 4.74 Å². The Morgan fingerprint density at radius 2 is 1.53 bits per heavy atom. The minimum absolute atomic E-state index is 0.332. The van der Waals surface area contributed by atoms with Gasteiger partial charge in [0, 0.05) is 16.5 Å². The third-order valence-electron chi connectivity index (χ3n) is 3.13. The van der Waals surface area contributed by atoms with Crippen LogP contribution in [0.25, 0.3) is 10.8 Å². The molecule has 3 amide bonds. The lowest BCUT2D eigenvalue weighted by Gasteiger charge is -2.24. The maximum atomic E-state index is 12.2. The van der Waals surface area contributed by atoms with Crippen LogP contribution in [0.1, 0.15) is 20.7 Å². The number of hydrogen-bond acceptors (Lipinski definition) is 4. The first kappa shape index (κ1) is 11.4. The van der Waals surface area contributed by atoms with E-state index >= 15 is 0 Å². The molecule has 1 heterocycles. The number of amides is 3. The zero-order valence-electron chi connectivity index (χ0n) is 10.0. The van der Waals surface area contributed by atoms with Crippen LogP contribution < -0.4 is 0 Å². The lowest BCUT2D eigenvalue weighted by molar-refractivity contribution is 0.0582. The highest BCUT2D eigenvalue weighted by Gasteiger charge is 2.37. The normalized spacial score (nSPS) is 13.8. The van der Waals surface area contributed by atoms with Crippen molar-refractivity contribution >= 4 is 28.7 Å². The maximum Gasteiger partial charge on any atom is 0.423 e. The van der Waals surface area contributed by atoms with Crippen molar-refractivity contribution in [1.82, 2.24) is 4.90 Å². The Morgan fingerprint density at radius 1 is 1.00 bits per heavy atom. The summed E-state index contributed by atoms with van der Waals surface area (Å²) in [6.07, 6.45) is -0.971. The third kappa shape index (κ3) is 1.45. The Kier molecular flexibility index (Phi) is 2.35. The summed E-state index contributed by atoms with van der Waals surface area (Å²) >= 11 is 0. The molecule has 2 aromatic rings. The standard InChI is InChI=1S/C14H9NO4/c1-19-14(18)15-12(16)9-6-2-4-8-5-3-7-10(11(8)9)13(15)17/h2-7H,1H3. The Bertz CT molecular complexity index is 685. The van der Waals surface area contributed by atoms with Crippen molar-refractivity contribution < 1.29 is 19.1 Å². The summed E-state index contributed by atoms with van der Waals surface area (Å²) in [5.74, 6) is -1.30. The van der Waals surface area contributed by atoms with Crippen LogP contribution >= 0.6 is 0 Å². The Balaban J connectivity index is 2.34. The molecule has 1 aliphatic heterocycles. The van der Waals surface area contributed by atoms with Crippen molar-refractivity contribution in [3.8, 4) is 0 Å². The van der Waals surface area contributed by atoms with Gasteiger partial charge in [0.2, 0.25) is 0 Å². The average Bonchev–Trinajstić information content (AvgIpc) is 2.44. The fourth-order valence-electron chi connectivity index (χ4n) is 2.29. The van der Waals surface area contributed by atoms with Crippen LogP contribution in [0.5, 0.6) is 0 Å². The molecule has 0 aromatic heterocycles. The van der Waals surface area contributed by atoms with Crippen molar-refractivity contribution in [2.75, 3.05) is 7.11 Å². The molecule has 1 aliphatic rings. The van der Waals surface area contributed by atoms with Gasteiger partial charge in [0.1, 0.15) is 0 Å². The fourth-order valence-corrected chi connectivity index (χ4v) is 2.29. The van der Waals surface area contributed by atoms with E-state index in [9.17, 15) is 14.4 Å². The number of methoxy groups -OCH3 is 1. The Hall–Kier alpha value is -2.69. The molecule has 0 radical (unpaired) electrons. The summed E-state index contributed by atoms with van der Waals surface area (Å²) in [5, 5.41) is 1.38. The molecule has 0 saturated carbocycles. The van der Waals surface area contributed by atoms with Gasteiger partial charge in [0.15, 0.2) is 0 Å². The molecule has 0 saturated heterocycles. The predicted octanol–water partition coefficient (Wildman–Crippen LogP) is 2.20. The van der Waals surface area contributed by atoms with Gasteiger partial charge in [-0.15, -0.1) is 0 Å². The van der Waals surface area contributed by atoms with Gasteiger partial charge in [-0.1, -0.05) is 24.3 Å². The van der Waals surface area contributed by atoms with Gasteiger partial charge in [0.25, 0.3) is 11.8 Å². The third-order valence-corrected chi connectivity index (χ3v) is 3.13. The Labute approximate surface area is 108 Å². The second-order valence-corrected chi connectivity index (χ2v) is 4.13. The first-order valence-electron chi connectivity index (χ1n) is 5.63. The number of hydrogen-bond donors (Lipinski definition) is 0. The van der Waals surface area contributed by atoms with Crippen molar-refractivity contribution in [1.29, 1.82) is 0 Å². The lowest BCUT2D eigenvalue weighted by Crippen LogP contribution is -2.44. The van der Waals surface area contributed by atoms with Crippen LogP contribution in [0.2, 0.25) is 0 Å². The van der Waals surface area contributed by atoms with Crippen molar-refractivity contribution in [3.63, 3.8) is 0 Å². The minimum Gasteiger partial charge on any atom is -0.452 e. The van der Waals surface area contributed by atoms with Gasteiger partial charge in [-0.25, -0.2) is 4.79 Å². The smallest absolute Gasteiger partial charge is 0.423 e. The molecule has 0 N–H and O–H groups in total. The number of nitrogens with zero attached hydrogens (tertiary/aromatic N) is 1. The zero-order chi connectivity index (χ0) is 13.6. The molecule has 0 aliphatic carbocycles. The summed E-state index contributed by atoms with van der Waals surface area (Å²) in [4.78, 5) is 36.5. The summed E-state index contributed by atoms with van der Waals surface area (Å²) in [5.41, 5.74) is 0.663. The highest BCUT2D eigenvalue weighted by molar-refractivity contribution is 6.30. The molecular weight excluding hydrogens is 246 g/mol. The minimum atomic E-state index is -0.971. The van der Waals surface area contributed by atoms with Gasteiger partial charge < -0.3 is 4.74 Å². The van der Waals surface area contributed by atoms with E-state index in [4.69, 9.17) is 0 Å². The number of ether oxygens (including phenoxy) is 1. The summed E-state index contributed by atoms with van der Waals surface area (Å²) in [7, 11) is 1.13. The van der Waals surface area contributed by atoms with Crippen LogP contribution in [0, 0.1) is 0 Å². The molecule has 0 atom stereocenters. The van der Waals surface area contributed by atoms with E-state index in [1.165, 1.54) is 0 Å². The van der Waals surface area contributed by atoms with Crippen LogP contribution in [-0.2, 0) is 4.74 Å². The van der Waals surface area contributed by atoms with E-state index in [0.29, 0.717) is 21.4 Å². The van der Waals surface area contributed by atoms with Crippen LogP contribution in [-0.4, -0.2) is 29.9 Å². The molecule has 0 bridgehead atoms. The second-order valence-electron chi connectivity index (χ2n) is 4.13. The predicted molar refractivity (Wildman–Crippen MR) is 66.9 cm³/mol. The summed E-state index contributed by atoms with van der Waals surface area (Å²) in [6, 6.07) is 10.2.